The maximum Gasteiger partial charge on any atom is 0.501 e. The minimum atomic E-state index is -5.70. The van der Waals surface area contributed by atoms with Gasteiger partial charge in [-0.3, -0.25) is 0 Å². The van der Waals surface area contributed by atoms with Gasteiger partial charge < -0.3 is 16.4 Å². The van der Waals surface area contributed by atoms with E-state index in [0.29, 0.717) is 0 Å². The number of nitrogens with two attached hydrogens (primary N) is 1. The van der Waals surface area contributed by atoms with E-state index in [1.54, 1.807) is 0 Å². The van der Waals surface area contributed by atoms with Crippen LogP contribution in [0.2, 0.25) is 0 Å². The molecule has 0 aliphatic carbocycles. The van der Waals surface area contributed by atoms with Crippen LogP contribution in [0.3, 0.4) is 0 Å². The Labute approximate surface area is 117 Å². The number of carbonyl (C=O) groups excluding carboxylic acids is 1. The van der Waals surface area contributed by atoms with E-state index >= 15 is 0 Å². The largest absolute Gasteiger partial charge is 0.501 e. The SMILES string of the molecule is NC(=O)NCCNc1ccc(F)cc1S(=O)(=O)C(F)(F)F. The number of nitrogens with one attached hydrogen (secondary N) is 2. The molecule has 0 saturated carbocycles. The van der Waals surface area contributed by atoms with Gasteiger partial charge in [0.1, 0.15) is 10.7 Å². The molecule has 118 valence electrons. The summed E-state index contributed by atoms with van der Waals surface area (Å²) in [5.41, 5.74) is -1.21. The Hall–Kier alpha value is -2.04. The molecule has 0 bridgehead atoms. The average molecular weight is 329 g/mol. The first-order valence-corrected chi connectivity index (χ1v) is 6.92. The minimum Gasteiger partial charge on any atom is -0.382 e. The van der Waals surface area contributed by atoms with Crippen LogP contribution in [0.25, 0.3) is 0 Å². The first kappa shape index (κ1) is 17.0. The van der Waals surface area contributed by atoms with Crippen LogP contribution in [0, 0.1) is 5.82 Å². The topological polar surface area (TPSA) is 101 Å². The number of amides is 2. The maximum atomic E-state index is 13.0. The average Bonchev–Trinajstić information content (AvgIpc) is 2.34. The Morgan fingerprint density at radius 1 is 1.24 bits per heavy atom. The van der Waals surface area contributed by atoms with Crippen molar-refractivity contribution in [1.29, 1.82) is 0 Å². The van der Waals surface area contributed by atoms with Crippen molar-refractivity contribution in [2.75, 3.05) is 18.4 Å². The van der Waals surface area contributed by atoms with Gasteiger partial charge in [-0.2, -0.15) is 13.2 Å². The van der Waals surface area contributed by atoms with Gasteiger partial charge in [0.15, 0.2) is 0 Å². The van der Waals surface area contributed by atoms with Gasteiger partial charge in [0.2, 0.25) is 0 Å². The number of carbonyl (C=O) groups is 1. The van der Waals surface area contributed by atoms with Gasteiger partial charge in [-0.15, -0.1) is 0 Å². The fourth-order valence-corrected chi connectivity index (χ4v) is 2.32. The minimum absolute atomic E-state index is 0.0573. The summed E-state index contributed by atoms with van der Waals surface area (Å²) in [5, 5.41) is 4.50. The van der Waals surface area contributed by atoms with Gasteiger partial charge in [0, 0.05) is 13.1 Å². The van der Waals surface area contributed by atoms with Crippen LogP contribution >= 0.6 is 0 Å². The number of benzene rings is 1. The molecule has 0 heterocycles. The second-order valence-corrected chi connectivity index (χ2v) is 5.72. The van der Waals surface area contributed by atoms with Crippen molar-refractivity contribution in [3.63, 3.8) is 0 Å². The van der Waals surface area contributed by atoms with E-state index in [9.17, 15) is 30.8 Å². The number of alkyl halides is 3. The Balaban J connectivity index is 3.04. The molecule has 0 aliphatic heterocycles. The van der Waals surface area contributed by atoms with Crippen molar-refractivity contribution in [3.8, 4) is 0 Å². The van der Waals surface area contributed by atoms with Crippen molar-refractivity contribution >= 4 is 21.6 Å². The molecule has 21 heavy (non-hydrogen) atoms. The van der Waals surface area contributed by atoms with Crippen molar-refractivity contribution in [1.82, 2.24) is 5.32 Å². The molecule has 1 aromatic rings. The van der Waals surface area contributed by atoms with Gasteiger partial charge in [0.05, 0.1) is 5.69 Å². The monoisotopic (exact) mass is 329 g/mol. The van der Waals surface area contributed by atoms with Gasteiger partial charge in [-0.1, -0.05) is 0 Å². The molecule has 11 heteroatoms. The second-order valence-electron chi connectivity index (χ2n) is 3.81. The lowest BCUT2D eigenvalue weighted by molar-refractivity contribution is -0.0435. The molecule has 1 rings (SSSR count). The van der Waals surface area contributed by atoms with Crippen LogP contribution in [0.1, 0.15) is 0 Å². The predicted octanol–water partition coefficient (Wildman–Crippen LogP) is 1.20. The molecule has 6 nitrogen and oxygen atoms in total. The highest BCUT2D eigenvalue weighted by Gasteiger charge is 2.48. The number of rotatable bonds is 5. The summed E-state index contributed by atoms with van der Waals surface area (Å²) in [5.74, 6) is -1.13. The van der Waals surface area contributed by atoms with Crippen molar-refractivity contribution < 1.29 is 30.8 Å². The molecular formula is C10H11F4N3O3S. The van der Waals surface area contributed by atoms with Crippen LogP contribution in [0.15, 0.2) is 23.1 Å². The number of anilines is 1. The van der Waals surface area contributed by atoms with Gasteiger partial charge in [-0.05, 0) is 18.2 Å². The molecule has 0 aromatic heterocycles. The Bertz CT molecular complexity index is 631. The summed E-state index contributed by atoms with van der Waals surface area (Å²) in [6, 6.07) is 1.09. The molecule has 0 atom stereocenters. The van der Waals surface area contributed by atoms with E-state index in [4.69, 9.17) is 5.73 Å². The normalized spacial score (nSPS) is 12.0. The van der Waals surface area contributed by atoms with E-state index < -0.39 is 37.8 Å². The van der Waals surface area contributed by atoms with Crippen molar-refractivity contribution in [2.24, 2.45) is 5.73 Å². The van der Waals surface area contributed by atoms with Gasteiger partial charge in [-0.25, -0.2) is 17.6 Å². The summed E-state index contributed by atoms with van der Waals surface area (Å²) in [4.78, 5) is 9.17. The third-order valence-corrected chi connectivity index (χ3v) is 3.80. The first-order valence-electron chi connectivity index (χ1n) is 5.44. The number of hydrogen-bond acceptors (Lipinski definition) is 4. The van der Waals surface area contributed by atoms with Crippen LogP contribution in [0.4, 0.5) is 28.0 Å². The lowest BCUT2D eigenvalue weighted by atomic mass is 10.3. The number of sulfone groups is 1. The van der Waals surface area contributed by atoms with Crippen LogP contribution in [-0.2, 0) is 9.84 Å². The van der Waals surface area contributed by atoms with Crippen molar-refractivity contribution in [2.45, 2.75) is 10.4 Å². The molecule has 0 radical (unpaired) electrons. The molecule has 0 fully saturated rings. The third kappa shape index (κ3) is 4.21. The van der Waals surface area contributed by atoms with E-state index in [1.165, 1.54) is 0 Å². The van der Waals surface area contributed by atoms with E-state index in [2.05, 4.69) is 10.6 Å². The second kappa shape index (κ2) is 6.16. The zero-order valence-electron chi connectivity index (χ0n) is 10.4. The van der Waals surface area contributed by atoms with Crippen molar-refractivity contribution in [3.05, 3.63) is 24.0 Å². The Morgan fingerprint density at radius 2 is 1.86 bits per heavy atom. The smallest absolute Gasteiger partial charge is 0.382 e. The quantitative estimate of drug-likeness (QED) is 0.558. The molecule has 0 aliphatic rings. The molecule has 1 aromatic carbocycles. The molecule has 0 unspecified atom stereocenters. The zero-order valence-corrected chi connectivity index (χ0v) is 11.2. The van der Waals surface area contributed by atoms with Gasteiger partial charge in [0.25, 0.3) is 9.84 Å². The van der Waals surface area contributed by atoms with Crippen LogP contribution in [-0.4, -0.2) is 33.0 Å². The predicted molar refractivity (Wildman–Crippen MR) is 65.7 cm³/mol. The summed E-state index contributed by atoms with van der Waals surface area (Å²) in [6.45, 7) is -0.160. The lowest BCUT2D eigenvalue weighted by Gasteiger charge is -2.14. The molecule has 4 N–H and O–H groups in total. The third-order valence-electron chi connectivity index (χ3n) is 2.28. The molecular weight excluding hydrogens is 318 g/mol. The Kier molecular flexibility index (Phi) is 4.99. The fraction of sp³-hybridized carbons (Fsp3) is 0.300. The maximum absolute atomic E-state index is 13.0. The zero-order chi connectivity index (χ0) is 16.3. The van der Waals surface area contributed by atoms with E-state index in [1.807, 2.05) is 0 Å². The number of urea groups is 1. The summed E-state index contributed by atoms with van der Waals surface area (Å²) in [6.07, 6.45) is 0. The summed E-state index contributed by atoms with van der Waals surface area (Å²) >= 11 is 0. The number of halogens is 4. The van der Waals surface area contributed by atoms with Crippen LogP contribution in [0.5, 0.6) is 0 Å². The van der Waals surface area contributed by atoms with E-state index in [-0.39, 0.29) is 19.2 Å². The molecule has 2 amide bonds. The number of hydrogen-bond donors (Lipinski definition) is 3. The summed E-state index contributed by atoms with van der Waals surface area (Å²) < 4.78 is 73.3. The standard InChI is InChI=1S/C10H11F4N3O3S/c11-6-1-2-7(16-3-4-17-9(15)18)8(5-6)21(19,20)10(12,13)14/h1-2,5,16H,3-4H2,(H3,15,17,18). The highest BCUT2D eigenvalue weighted by Crippen LogP contribution is 2.34. The molecule has 0 spiro atoms. The number of primary amides is 1. The first-order chi connectivity index (χ1) is 9.55. The lowest BCUT2D eigenvalue weighted by Crippen LogP contribution is -2.33. The highest BCUT2D eigenvalue weighted by molar-refractivity contribution is 7.92. The van der Waals surface area contributed by atoms with Gasteiger partial charge >= 0.3 is 11.5 Å². The van der Waals surface area contributed by atoms with E-state index in [0.717, 1.165) is 12.1 Å². The summed E-state index contributed by atoms with van der Waals surface area (Å²) in [7, 11) is -5.70. The Morgan fingerprint density at radius 3 is 2.38 bits per heavy atom. The fourth-order valence-electron chi connectivity index (χ4n) is 1.37. The highest BCUT2D eigenvalue weighted by atomic mass is 32.2. The van der Waals surface area contributed by atoms with Crippen LogP contribution < -0.4 is 16.4 Å². The molecule has 0 saturated heterocycles.